The summed E-state index contributed by atoms with van der Waals surface area (Å²) in [5.41, 5.74) is 9.94. The molecule has 0 fully saturated rings. The fraction of sp³-hybridized carbons (Fsp3) is 0.0556. The Morgan fingerprint density at radius 3 is 2.63 bits per heavy atom. The molecule has 0 saturated heterocycles. The van der Waals surface area contributed by atoms with Crippen LogP contribution in [0, 0.1) is 0 Å². The van der Waals surface area contributed by atoms with Crippen LogP contribution in [-0.2, 0) is 10.0 Å². The zero-order valence-electron chi connectivity index (χ0n) is 14.3. The van der Waals surface area contributed by atoms with Gasteiger partial charge in [0.2, 0.25) is 10.0 Å². The molecule has 1 aromatic carbocycles. The van der Waals surface area contributed by atoms with Crippen LogP contribution in [0.3, 0.4) is 0 Å². The van der Waals surface area contributed by atoms with E-state index in [2.05, 4.69) is 24.9 Å². The van der Waals surface area contributed by atoms with E-state index in [1.807, 2.05) is 30.5 Å². The number of rotatable bonds is 4. The average molecular weight is 380 g/mol. The third-order valence-corrected chi connectivity index (χ3v) is 5.77. The van der Waals surface area contributed by atoms with Gasteiger partial charge in [0.05, 0.1) is 11.7 Å². The highest BCUT2D eigenvalue weighted by Gasteiger charge is 2.18. The molecule has 8 nitrogen and oxygen atoms in total. The SMILES string of the molecule is CNS(=O)(=O)c1cc(-c2ccc3nccc(-c4cn[nH]c4)c3c2)cnc1N. The molecule has 4 N–H and O–H groups in total. The monoisotopic (exact) mass is 380 g/mol. The number of aromatic amines is 1. The van der Waals surface area contributed by atoms with Gasteiger partial charge in [0.25, 0.3) is 0 Å². The molecule has 0 unspecified atom stereocenters. The number of benzene rings is 1. The first-order chi connectivity index (χ1) is 13.0. The predicted molar refractivity (Wildman–Crippen MR) is 103 cm³/mol. The number of fused-ring (bicyclic) bond motifs is 1. The number of nitrogens with two attached hydrogens (primary N) is 1. The van der Waals surface area contributed by atoms with Gasteiger partial charge in [0.15, 0.2) is 0 Å². The lowest BCUT2D eigenvalue weighted by Gasteiger charge is -2.10. The maximum Gasteiger partial charge on any atom is 0.243 e. The summed E-state index contributed by atoms with van der Waals surface area (Å²) in [4.78, 5) is 8.40. The predicted octanol–water partition coefficient (Wildman–Crippen LogP) is 2.18. The minimum absolute atomic E-state index is 0.0466. The zero-order valence-corrected chi connectivity index (χ0v) is 15.2. The minimum atomic E-state index is -3.71. The highest BCUT2D eigenvalue weighted by molar-refractivity contribution is 7.89. The molecule has 0 radical (unpaired) electrons. The molecule has 0 amide bonds. The van der Waals surface area contributed by atoms with Crippen molar-refractivity contribution in [1.82, 2.24) is 24.9 Å². The van der Waals surface area contributed by atoms with Gasteiger partial charge < -0.3 is 5.73 Å². The van der Waals surface area contributed by atoms with Crippen molar-refractivity contribution in [2.75, 3.05) is 12.8 Å². The average Bonchev–Trinajstić information content (AvgIpc) is 3.22. The summed E-state index contributed by atoms with van der Waals surface area (Å²) in [5.74, 6) is -0.0466. The number of H-pyrrole nitrogens is 1. The van der Waals surface area contributed by atoms with Gasteiger partial charge in [-0.15, -0.1) is 0 Å². The fourth-order valence-electron chi connectivity index (χ4n) is 2.91. The Hall–Kier alpha value is -3.30. The lowest BCUT2D eigenvalue weighted by Crippen LogP contribution is -2.20. The van der Waals surface area contributed by atoms with Gasteiger partial charge in [-0.05, 0) is 42.4 Å². The molecule has 9 heteroatoms. The van der Waals surface area contributed by atoms with Crippen molar-refractivity contribution in [3.63, 3.8) is 0 Å². The second kappa shape index (κ2) is 6.45. The lowest BCUT2D eigenvalue weighted by atomic mass is 9.99. The van der Waals surface area contributed by atoms with E-state index in [1.165, 1.54) is 13.1 Å². The first kappa shape index (κ1) is 17.1. The molecule has 0 aliphatic heterocycles. The van der Waals surface area contributed by atoms with Crippen LogP contribution in [0.1, 0.15) is 0 Å². The Kier molecular flexibility index (Phi) is 4.09. The zero-order chi connectivity index (χ0) is 19.0. The Morgan fingerprint density at radius 1 is 1.04 bits per heavy atom. The number of sulfonamides is 1. The maximum absolute atomic E-state index is 12.2. The highest BCUT2D eigenvalue weighted by atomic mass is 32.2. The van der Waals surface area contributed by atoms with E-state index in [0.717, 1.165) is 27.6 Å². The molecule has 136 valence electrons. The second-order valence-electron chi connectivity index (χ2n) is 5.89. The van der Waals surface area contributed by atoms with E-state index in [1.54, 1.807) is 18.6 Å². The normalized spacial score (nSPS) is 11.7. The molecule has 0 aliphatic rings. The van der Waals surface area contributed by atoms with Crippen molar-refractivity contribution >= 4 is 26.7 Å². The molecule has 4 rings (SSSR count). The maximum atomic E-state index is 12.2. The number of anilines is 1. The van der Waals surface area contributed by atoms with Crippen LogP contribution in [0.4, 0.5) is 5.82 Å². The Morgan fingerprint density at radius 2 is 1.89 bits per heavy atom. The van der Waals surface area contributed by atoms with Crippen LogP contribution in [-0.4, -0.2) is 35.6 Å². The van der Waals surface area contributed by atoms with Gasteiger partial charge >= 0.3 is 0 Å². The summed E-state index contributed by atoms with van der Waals surface area (Å²) < 4.78 is 26.6. The van der Waals surface area contributed by atoms with E-state index < -0.39 is 10.0 Å². The number of nitrogen functional groups attached to an aromatic ring is 1. The van der Waals surface area contributed by atoms with E-state index in [0.29, 0.717) is 5.56 Å². The molecule has 0 spiro atoms. The Bertz CT molecular complexity index is 1240. The topological polar surface area (TPSA) is 127 Å². The standard InChI is InChI=1S/C18H16N6O2S/c1-20-27(25,26)17-7-12(8-22-18(17)19)11-2-3-16-15(6-11)14(4-5-21-16)13-9-23-24-10-13/h2-10,20H,1H3,(H2,19,22)(H,23,24). The summed E-state index contributed by atoms with van der Waals surface area (Å²) in [6.45, 7) is 0. The Labute approximate surface area is 155 Å². The van der Waals surface area contributed by atoms with Crippen molar-refractivity contribution in [2.45, 2.75) is 4.90 Å². The van der Waals surface area contributed by atoms with Crippen molar-refractivity contribution in [2.24, 2.45) is 0 Å². The Balaban J connectivity index is 1.91. The minimum Gasteiger partial charge on any atom is -0.383 e. The largest absolute Gasteiger partial charge is 0.383 e. The summed E-state index contributed by atoms with van der Waals surface area (Å²) in [7, 11) is -2.37. The molecule has 3 heterocycles. The second-order valence-corrected chi connectivity index (χ2v) is 7.75. The number of aromatic nitrogens is 4. The van der Waals surface area contributed by atoms with Gasteiger partial charge in [0, 0.05) is 35.1 Å². The summed E-state index contributed by atoms with van der Waals surface area (Å²) in [6, 6.07) is 9.14. The highest BCUT2D eigenvalue weighted by Crippen LogP contribution is 2.31. The van der Waals surface area contributed by atoms with Crippen LogP contribution in [0.5, 0.6) is 0 Å². The smallest absolute Gasteiger partial charge is 0.243 e. The van der Waals surface area contributed by atoms with Gasteiger partial charge in [-0.2, -0.15) is 5.10 Å². The molecule has 0 bridgehead atoms. The fourth-order valence-corrected chi connectivity index (χ4v) is 3.74. The van der Waals surface area contributed by atoms with Crippen molar-refractivity contribution in [1.29, 1.82) is 0 Å². The molecule has 0 atom stereocenters. The van der Waals surface area contributed by atoms with Crippen LogP contribution in [0.25, 0.3) is 33.2 Å². The van der Waals surface area contributed by atoms with Gasteiger partial charge in [-0.1, -0.05) is 6.07 Å². The lowest BCUT2D eigenvalue weighted by molar-refractivity contribution is 0.588. The van der Waals surface area contributed by atoms with Crippen LogP contribution < -0.4 is 10.5 Å². The first-order valence-corrected chi connectivity index (χ1v) is 9.55. The molecule has 27 heavy (non-hydrogen) atoms. The van der Waals surface area contributed by atoms with Crippen molar-refractivity contribution < 1.29 is 8.42 Å². The summed E-state index contributed by atoms with van der Waals surface area (Å²) >= 11 is 0. The van der Waals surface area contributed by atoms with Gasteiger partial charge in [-0.25, -0.2) is 18.1 Å². The molecule has 0 aliphatic carbocycles. The van der Waals surface area contributed by atoms with Crippen molar-refractivity contribution in [3.8, 4) is 22.3 Å². The molecule has 4 aromatic rings. The number of nitrogens with zero attached hydrogens (tertiary/aromatic N) is 3. The molecular formula is C18H16N6O2S. The number of nitrogens with one attached hydrogen (secondary N) is 2. The quantitative estimate of drug-likeness (QED) is 0.498. The molecule has 0 saturated carbocycles. The summed E-state index contributed by atoms with van der Waals surface area (Å²) in [6.07, 6.45) is 6.85. The van der Waals surface area contributed by atoms with Crippen molar-refractivity contribution in [3.05, 3.63) is 55.1 Å². The number of hydrogen-bond donors (Lipinski definition) is 3. The third kappa shape index (κ3) is 3.03. The van der Waals surface area contributed by atoms with E-state index in [-0.39, 0.29) is 10.7 Å². The molecular weight excluding hydrogens is 364 g/mol. The van der Waals surface area contributed by atoms with E-state index in [4.69, 9.17) is 5.73 Å². The van der Waals surface area contributed by atoms with E-state index >= 15 is 0 Å². The van der Waals surface area contributed by atoms with Gasteiger partial charge in [-0.3, -0.25) is 10.1 Å². The van der Waals surface area contributed by atoms with E-state index in [9.17, 15) is 8.42 Å². The molecule has 3 aromatic heterocycles. The van der Waals surface area contributed by atoms with Crippen LogP contribution >= 0.6 is 0 Å². The number of hydrogen-bond acceptors (Lipinski definition) is 6. The summed E-state index contributed by atoms with van der Waals surface area (Å²) in [5, 5.41) is 7.73. The number of pyridine rings is 2. The van der Waals surface area contributed by atoms with Crippen LogP contribution in [0.15, 0.2) is 60.0 Å². The van der Waals surface area contributed by atoms with Gasteiger partial charge in [0.1, 0.15) is 10.7 Å². The van der Waals surface area contributed by atoms with Crippen LogP contribution in [0.2, 0.25) is 0 Å². The first-order valence-electron chi connectivity index (χ1n) is 8.07. The third-order valence-electron chi connectivity index (χ3n) is 4.32.